The van der Waals surface area contributed by atoms with Crippen molar-refractivity contribution in [3.63, 3.8) is 0 Å². The molecule has 150 valence electrons. The van der Waals surface area contributed by atoms with Gasteiger partial charge in [-0.15, -0.1) is 0 Å². The first-order chi connectivity index (χ1) is 13.3. The van der Waals surface area contributed by atoms with Gasteiger partial charge in [-0.05, 0) is 50.5 Å². The van der Waals surface area contributed by atoms with E-state index in [0.717, 1.165) is 30.1 Å². The van der Waals surface area contributed by atoms with Gasteiger partial charge in [0.2, 0.25) is 0 Å². The van der Waals surface area contributed by atoms with E-state index >= 15 is 0 Å². The molecule has 3 atom stereocenters. The fourth-order valence-corrected chi connectivity index (χ4v) is 4.46. The number of nitrogens with zero attached hydrogens (tertiary/aromatic N) is 4. The molecule has 3 aliphatic rings. The molecule has 1 aromatic rings. The molecule has 1 aromatic carbocycles. The first-order valence-corrected chi connectivity index (χ1v) is 9.73. The molecular formula is C20H27N5O3. The fourth-order valence-electron chi connectivity index (χ4n) is 4.46. The van der Waals surface area contributed by atoms with E-state index in [-0.39, 0.29) is 24.5 Å². The van der Waals surface area contributed by atoms with Gasteiger partial charge in [0.05, 0.1) is 6.54 Å². The summed E-state index contributed by atoms with van der Waals surface area (Å²) in [6.07, 6.45) is 0.356. The van der Waals surface area contributed by atoms with Gasteiger partial charge in [-0.2, -0.15) is 0 Å². The number of anilines is 1. The molecule has 3 heterocycles. The predicted octanol–water partition coefficient (Wildman–Crippen LogP) is 0.880. The minimum absolute atomic E-state index is 0.165. The minimum atomic E-state index is -0.485. The third-order valence-corrected chi connectivity index (χ3v) is 6.07. The SMILES string of the molecule is CC(=O)CN1C(=O)C2C(NC3N(c4ccc(C)c(C)c4)CCCN23)N(C)C1=O. The third kappa shape index (κ3) is 2.87. The van der Waals surface area contributed by atoms with E-state index in [1.807, 2.05) is 0 Å². The topological polar surface area (TPSA) is 76.2 Å². The van der Waals surface area contributed by atoms with Crippen molar-refractivity contribution < 1.29 is 14.4 Å². The van der Waals surface area contributed by atoms with Gasteiger partial charge < -0.3 is 9.80 Å². The van der Waals surface area contributed by atoms with Crippen molar-refractivity contribution in [1.29, 1.82) is 0 Å². The lowest BCUT2D eigenvalue weighted by Gasteiger charge is -2.43. The molecule has 0 spiro atoms. The van der Waals surface area contributed by atoms with E-state index in [2.05, 4.69) is 47.2 Å². The van der Waals surface area contributed by atoms with Gasteiger partial charge in [0, 0.05) is 25.8 Å². The smallest absolute Gasteiger partial charge is 0.328 e. The van der Waals surface area contributed by atoms with Crippen LogP contribution in [0, 0.1) is 13.8 Å². The van der Waals surface area contributed by atoms with Gasteiger partial charge in [0.1, 0.15) is 24.3 Å². The summed E-state index contributed by atoms with van der Waals surface area (Å²) < 4.78 is 0. The Bertz CT molecular complexity index is 841. The van der Waals surface area contributed by atoms with Crippen molar-refractivity contribution in [2.24, 2.45) is 0 Å². The number of aryl methyl sites for hydroxylation is 2. The molecular weight excluding hydrogens is 358 g/mol. The van der Waals surface area contributed by atoms with Crippen molar-refractivity contribution >= 4 is 23.4 Å². The van der Waals surface area contributed by atoms with Crippen LogP contribution in [0.3, 0.4) is 0 Å². The summed E-state index contributed by atoms with van der Waals surface area (Å²) >= 11 is 0. The Morgan fingerprint density at radius 1 is 1.18 bits per heavy atom. The Balaban J connectivity index is 1.66. The number of urea groups is 1. The lowest BCUT2D eigenvalue weighted by Crippen LogP contribution is -2.66. The number of rotatable bonds is 3. The highest BCUT2D eigenvalue weighted by Gasteiger charge is 2.56. The van der Waals surface area contributed by atoms with Crippen LogP contribution in [-0.2, 0) is 9.59 Å². The molecule has 0 aromatic heterocycles. The van der Waals surface area contributed by atoms with Crippen LogP contribution in [0.15, 0.2) is 18.2 Å². The molecule has 1 N–H and O–H groups in total. The number of benzene rings is 1. The number of imide groups is 1. The van der Waals surface area contributed by atoms with Crippen LogP contribution < -0.4 is 10.2 Å². The van der Waals surface area contributed by atoms with Crippen LogP contribution in [0.2, 0.25) is 0 Å². The molecule has 3 aliphatic heterocycles. The summed E-state index contributed by atoms with van der Waals surface area (Å²) in [5, 5.41) is 3.49. The van der Waals surface area contributed by atoms with E-state index in [1.165, 1.54) is 18.1 Å². The molecule has 3 amide bonds. The van der Waals surface area contributed by atoms with Gasteiger partial charge in [-0.25, -0.2) is 4.79 Å². The van der Waals surface area contributed by atoms with Crippen molar-refractivity contribution in [2.45, 2.75) is 45.7 Å². The van der Waals surface area contributed by atoms with Crippen molar-refractivity contribution in [3.8, 4) is 0 Å². The molecule has 0 radical (unpaired) electrons. The van der Waals surface area contributed by atoms with E-state index < -0.39 is 18.2 Å². The monoisotopic (exact) mass is 385 g/mol. The molecule has 0 saturated carbocycles. The number of Topliss-reactive ketones (excluding diaryl/α,β-unsaturated/α-hetero) is 1. The van der Waals surface area contributed by atoms with Gasteiger partial charge in [0.15, 0.2) is 0 Å². The van der Waals surface area contributed by atoms with E-state index in [9.17, 15) is 14.4 Å². The zero-order chi connectivity index (χ0) is 20.2. The standard InChI is InChI=1S/C20H27N5O3/c1-12-6-7-15(10-13(12)2)23-8-5-9-24-16-17(21-19(23)24)22(4)20(28)25(18(16)27)11-14(3)26/h6-7,10,16-17,19,21H,5,8-9,11H2,1-4H3. The van der Waals surface area contributed by atoms with Gasteiger partial charge in [-0.3, -0.25) is 24.7 Å². The molecule has 0 aliphatic carbocycles. The van der Waals surface area contributed by atoms with E-state index in [0.29, 0.717) is 0 Å². The molecule has 8 heteroatoms. The second kappa shape index (κ2) is 6.86. The average molecular weight is 385 g/mol. The zero-order valence-electron chi connectivity index (χ0n) is 16.8. The number of carbonyl (C=O) groups is 3. The van der Waals surface area contributed by atoms with Gasteiger partial charge in [-0.1, -0.05) is 6.07 Å². The maximum Gasteiger partial charge on any atom is 0.328 e. The Labute approximate surface area is 165 Å². The normalized spacial score (nSPS) is 27.9. The molecule has 4 rings (SSSR count). The number of fused-ring (bicyclic) bond motifs is 3. The van der Waals surface area contributed by atoms with Crippen LogP contribution in [0.1, 0.15) is 24.5 Å². The first kappa shape index (κ1) is 18.9. The first-order valence-electron chi connectivity index (χ1n) is 9.73. The second-order valence-electron chi connectivity index (χ2n) is 8.00. The number of nitrogens with one attached hydrogen (secondary N) is 1. The number of ketones is 1. The Hall–Kier alpha value is -2.45. The largest absolute Gasteiger partial charge is 0.343 e. The number of carbonyl (C=O) groups excluding carboxylic acids is 3. The molecule has 28 heavy (non-hydrogen) atoms. The molecule has 3 fully saturated rings. The summed E-state index contributed by atoms with van der Waals surface area (Å²) in [5.41, 5.74) is 3.57. The minimum Gasteiger partial charge on any atom is -0.343 e. The molecule has 3 unspecified atom stereocenters. The summed E-state index contributed by atoms with van der Waals surface area (Å²) in [7, 11) is 1.69. The maximum absolute atomic E-state index is 13.1. The third-order valence-electron chi connectivity index (χ3n) is 6.07. The van der Waals surface area contributed by atoms with E-state index in [4.69, 9.17) is 0 Å². The number of hydrogen-bond acceptors (Lipinski definition) is 6. The lowest BCUT2D eigenvalue weighted by molar-refractivity contribution is -0.141. The number of amides is 3. The highest BCUT2D eigenvalue weighted by molar-refractivity contribution is 6.03. The summed E-state index contributed by atoms with van der Waals surface area (Å²) in [6.45, 7) is 7.04. The Morgan fingerprint density at radius 2 is 1.93 bits per heavy atom. The number of hydrogen-bond donors (Lipinski definition) is 1. The second-order valence-corrected chi connectivity index (χ2v) is 8.00. The summed E-state index contributed by atoms with van der Waals surface area (Å²) in [6, 6.07) is 5.48. The van der Waals surface area contributed by atoms with Crippen LogP contribution in [0.25, 0.3) is 0 Å². The van der Waals surface area contributed by atoms with Crippen LogP contribution in [0.4, 0.5) is 10.5 Å². The van der Waals surface area contributed by atoms with Crippen molar-refractivity contribution in [2.75, 3.05) is 31.6 Å². The molecule has 0 bridgehead atoms. The van der Waals surface area contributed by atoms with Gasteiger partial charge in [0.25, 0.3) is 5.91 Å². The molecule has 8 nitrogen and oxygen atoms in total. The van der Waals surface area contributed by atoms with Crippen LogP contribution in [0.5, 0.6) is 0 Å². The predicted molar refractivity (Wildman–Crippen MR) is 105 cm³/mol. The average Bonchev–Trinajstić information content (AvgIpc) is 3.05. The Kier molecular flexibility index (Phi) is 4.63. The van der Waals surface area contributed by atoms with Crippen LogP contribution >= 0.6 is 0 Å². The summed E-state index contributed by atoms with van der Waals surface area (Å²) in [4.78, 5) is 44.4. The van der Waals surface area contributed by atoms with E-state index in [1.54, 1.807) is 11.9 Å². The highest BCUT2D eigenvalue weighted by atomic mass is 16.2. The molecule has 3 saturated heterocycles. The van der Waals surface area contributed by atoms with Gasteiger partial charge >= 0.3 is 6.03 Å². The fraction of sp³-hybridized carbons (Fsp3) is 0.550. The zero-order valence-corrected chi connectivity index (χ0v) is 16.8. The summed E-state index contributed by atoms with van der Waals surface area (Å²) in [5.74, 6) is -0.494. The lowest BCUT2D eigenvalue weighted by atomic mass is 10.1. The highest BCUT2D eigenvalue weighted by Crippen LogP contribution is 2.33. The number of likely N-dealkylation sites (N-methyl/N-ethyl adjacent to an activating group) is 1. The maximum atomic E-state index is 13.1. The Morgan fingerprint density at radius 3 is 2.61 bits per heavy atom. The van der Waals surface area contributed by atoms with Crippen molar-refractivity contribution in [3.05, 3.63) is 29.3 Å². The van der Waals surface area contributed by atoms with Crippen molar-refractivity contribution in [1.82, 2.24) is 20.0 Å². The van der Waals surface area contributed by atoms with Crippen LogP contribution in [-0.4, -0.2) is 77.6 Å². The quantitative estimate of drug-likeness (QED) is 0.833.